The summed E-state index contributed by atoms with van der Waals surface area (Å²) in [4.78, 5) is 45.5. The molecule has 2 bridgehead atoms. The minimum absolute atomic E-state index is 0.0299. The Morgan fingerprint density at radius 2 is 1.98 bits per heavy atom. The van der Waals surface area contributed by atoms with Gasteiger partial charge in [-0.25, -0.2) is 0 Å². The molecule has 3 saturated heterocycles. The number of esters is 1. The van der Waals surface area contributed by atoms with Gasteiger partial charge in [0.25, 0.3) is 5.91 Å². The molecule has 0 aliphatic carbocycles. The van der Waals surface area contributed by atoms with E-state index in [-0.39, 0.29) is 41.0 Å². The second kappa shape index (κ2) is 13.9. The Labute approximate surface area is 254 Å². The Morgan fingerprint density at radius 3 is 2.67 bits per heavy atom. The number of benzene rings is 1. The van der Waals surface area contributed by atoms with Gasteiger partial charge in [0.1, 0.15) is 6.04 Å². The lowest BCUT2D eigenvalue weighted by Gasteiger charge is -2.38. The van der Waals surface area contributed by atoms with Crippen LogP contribution >= 0.6 is 39.3 Å². The molecule has 1 spiro atoms. The van der Waals surface area contributed by atoms with Crippen LogP contribution in [0, 0.1) is 11.8 Å². The lowest BCUT2D eigenvalue weighted by molar-refractivity contribution is -0.154. The summed E-state index contributed by atoms with van der Waals surface area (Å²) in [5, 5.41) is 9.54. The summed E-state index contributed by atoms with van der Waals surface area (Å²) in [6.45, 7) is 8.56. The van der Waals surface area contributed by atoms with Crippen LogP contribution in [0.15, 0.2) is 49.6 Å². The fourth-order valence-electron chi connectivity index (χ4n) is 6.40. The summed E-state index contributed by atoms with van der Waals surface area (Å²) in [5.41, 5.74) is 0.560. The largest absolute Gasteiger partial charge is 0.465 e. The SMILES string of the molecule is C=CCCCCOC(=O)[C@H]1[C@H]2C(=O)N(CCCCCO)C(C(=O)N(CC=C)c3ccccc3Cl)C23CC(Br)[C@@H]1S3. The fourth-order valence-corrected chi connectivity index (χ4v) is 10.2. The minimum Gasteiger partial charge on any atom is -0.465 e. The number of alkyl halides is 1. The van der Waals surface area contributed by atoms with E-state index in [0.717, 1.165) is 25.7 Å². The van der Waals surface area contributed by atoms with Crippen LogP contribution in [0.2, 0.25) is 5.02 Å². The van der Waals surface area contributed by atoms with Crippen LogP contribution in [-0.4, -0.2) is 75.0 Å². The van der Waals surface area contributed by atoms with E-state index in [1.807, 2.05) is 12.1 Å². The number of amides is 2. The fraction of sp³-hybridized carbons (Fsp3) is 0.567. The zero-order valence-corrected chi connectivity index (χ0v) is 25.8. The van der Waals surface area contributed by atoms with Crippen LogP contribution < -0.4 is 4.90 Å². The quantitative estimate of drug-likeness (QED) is 0.118. The van der Waals surface area contributed by atoms with E-state index in [9.17, 15) is 19.5 Å². The number of thioether (sulfide) groups is 1. The first-order valence-electron chi connectivity index (χ1n) is 14.0. The third-order valence-corrected chi connectivity index (χ3v) is 11.7. The zero-order chi connectivity index (χ0) is 28.9. The van der Waals surface area contributed by atoms with Gasteiger partial charge < -0.3 is 19.6 Å². The Morgan fingerprint density at radius 1 is 1.20 bits per heavy atom. The molecule has 218 valence electrons. The number of hydrogen-bond donors (Lipinski definition) is 1. The minimum atomic E-state index is -0.768. The van der Waals surface area contributed by atoms with Crippen LogP contribution in [0.1, 0.15) is 44.9 Å². The van der Waals surface area contributed by atoms with E-state index in [1.165, 1.54) is 0 Å². The third-order valence-electron chi connectivity index (χ3n) is 8.12. The number of anilines is 1. The number of likely N-dealkylation sites (tertiary alicyclic amines) is 1. The van der Waals surface area contributed by atoms with Crippen molar-refractivity contribution in [1.82, 2.24) is 4.90 Å². The highest BCUT2D eigenvalue weighted by atomic mass is 79.9. The highest BCUT2D eigenvalue weighted by Gasteiger charge is 2.76. The highest BCUT2D eigenvalue weighted by molar-refractivity contribution is 9.09. The molecular weight excluding hydrogens is 616 g/mol. The first-order valence-corrected chi connectivity index (χ1v) is 16.2. The number of rotatable bonds is 15. The van der Waals surface area contributed by atoms with Crippen molar-refractivity contribution in [2.24, 2.45) is 11.8 Å². The van der Waals surface area contributed by atoms with Crippen molar-refractivity contribution < 1.29 is 24.2 Å². The average molecular weight is 654 g/mol. The van der Waals surface area contributed by atoms with Crippen molar-refractivity contribution in [3.63, 3.8) is 0 Å². The molecule has 1 aromatic carbocycles. The number of ether oxygens (including phenoxy) is 1. The van der Waals surface area contributed by atoms with E-state index >= 15 is 0 Å². The van der Waals surface area contributed by atoms with Gasteiger partial charge in [0.2, 0.25) is 5.91 Å². The number of para-hydroxylation sites is 1. The van der Waals surface area contributed by atoms with E-state index in [0.29, 0.717) is 43.1 Å². The molecule has 4 rings (SSSR count). The standard InChI is InChI=1S/C30H38BrClN2O5S/c1-3-5-6-12-18-39-29(38)23-24-27(36)34(16-10-7-11-17-35)26(30(24)19-20(31)25(23)40-30)28(37)33(15-4-2)22-14-9-8-13-21(22)32/h3-4,8-9,13-14,20,23-26,35H,1-2,5-7,10-12,15-19H2/t20?,23-,24-,25-,26?,30?/m0/s1. The predicted molar refractivity (Wildman–Crippen MR) is 164 cm³/mol. The van der Waals surface area contributed by atoms with E-state index in [2.05, 4.69) is 29.1 Å². The Hall–Kier alpha value is -1.81. The molecule has 1 aromatic rings. The Kier molecular flexibility index (Phi) is 10.8. The third kappa shape index (κ3) is 5.90. The molecule has 0 aromatic heterocycles. The molecule has 1 N–H and O–H groups in total. The van der Waals surface area contributed by atoms with Crippen LogP contribution in [0.3, 0.4) is 0 Å². The normalized spacial score (nSPS) is 28.4. The maximum atomic E-state index is 14.5. The number of unbranched alkanes of at least 4 members (excludes halogenated alkanes) is 4. The van der Waals surface area contributed by atoms with Gasteiger partial charge in [-0.3, -0.25) is 14.4 Å². The summed E-state index contributed by atoms with van der Waals surface area (Å²) < 4.78 is 4.94. The summed E-state index contributed by atoms with van der Waals surface area (Å²) in [7, 11) is 0. The van der Waals surface area contributed by atoms with Gasteiger partial charge in [-0.2, -0.15) is 0 Å². The van der Waals surface area contributed by atoms with Crippen molar-refractivity contribution >= 4 is 62.8 Å². The monoisotopic (exact) mass is 652 g/mol. The molecule has 40 heavy (non-hydrogen) atoms. The smallest absolute Gasteiger partial charge is 0.310 e. The number of carbonyl (C=O) groups excluding carboxylic acids is 3. The number of aliphatic hydroxyl groups is 1. The highest BCUT2D eigenvalue weighted by Crippen LogP contribution is 2.68. The topological polar surface area (TPSA) is 87.1 Å². The molecule has 7 nitrogen and oxygen atoms in total. The first-order chi connectivity index (χ1) is 19.3. The molecule has 3 aliphatic rings. The molecule has 3 heterocycles. The van der Waals surface area contributed by atoms with E-state index < -0.39 is 22.6 Å². The number of carbonyl (C=O) groups is 3. The van der Waals surface area contributed by atoms with Gasteiger partial charge in [0, 0.05) is 29.8 Å². The predicted octanol–water partition coefficient (Wildman–Crippen LogP) is 5.39. The maximum Gasteiger partial charge on any atom is 0.310 e. The van der Waals surface area contributed by atoms with Gasteiger partial charge in [-0.05, 0) is 57.1 Å². The molecule has 3 unspecified atom stereocenters. The number of allylic oxidation sites excluding steroid dienone is 1. The second-order valence-electron chi connectivity index (χ2n) is 10.6. The number of aliphatic hydroxyl groups excluding tert-OH is 1. The van der Waals surface area contributed by atoms with Crippen LogP contribution in [0.25, 0.3) is 0 Å². The van der Waals surface area contributed by atoms with Crippen molar-refractivity contribution in [1.29, 1.82) is 0 Å². The lowest BCUT2D eigenvalue weighted by atomic mass is 9.71. The number of fused-ring (bicyclic) bond motifs is 1. The lowest BCUT2D eigenvalue weighted by Crippen LogP contribution is -2.55. The molecule has 0 radical (unpaired) electrons. The summed E-state index contributed by atoms with van der Waals surface area (Å²) in [6, 6.07) is 6.39. The molecule has 10 heteroatoms. The number of halogens is 2. The van der Waals surface area contributed by atoms with Gasteiger partial charge in [0.05, 0.1) is 33.9 Å². The van der Waals surface area contributed by atoms with Gasteiger partial charge in [-0.15, -0.1) is 24.9 Å². The van der Waals surface area contributed by atoms with Crippen LogP contribution in [0.5, 0.6) is 0 Å². The zero-order valence-electron chi connectivity index (χ0n) is 22.7. The van der Waals surface area contributed by atoms with Gasteiger partial charge in [0.15, 0.2) is 0 Å². The second-order valence-corrected chi connectivity index (χ2v) is 13.7. The Bertz CT molecular complexity index is 1120. The number of hydrogen-bond acceptors (Lipinski definition) is 6. The summed E-state index contributed by atoms with van der Waals surface area (Å²) in [5.74, 6) is -2.01. The summed E-state index contributed by atoms with van der Waals surface area (Å²) >= 11 is 11.9. The maximum absolute atomic E-state index is 14.5. The van der Waals surface area contributed by atoms with Crippen molar-refractivity contribution in [2.45, 2.75) is 65.8 Å². The molecule has 0 saturated carbocycles. The van der Waals surface area contributed by atoms with Crippen molar-refractivity contribution in [2.75, 3.05) is 31.2 Å². The molecule has 3 fully saturated rings. The summed E-state index contributed by atoms with van der Waals surface area (Å²) in [6.07, 6.45) is 8.56. The Balaban J connectivity index is 1.68. The molecule has 2 amide bonds. The molecular formula is C30H38BrClN2O5S. The van der Waals surface area contributed by atoms with Gasteiger partial charge >= 0.3 is 5.97 Å². The van der Waals surface area contributed by atoms with Crippen molar-refractivity contribution in [3.8, 4) is 0 Å². The van der Waals surface area contributed by atoms with E-state index in [4.69, 9.17) is 16.3 Å². The van der Waals surface area contributed by atoms with Gasteiger partial charge in [-0.1, -0.05) is 51.8 Å². The van der Waals surface area contributed by atoms with Crippen LogP contribution in [0.4, 0.5) is 5.69 Å². The molecule has 3 aliphatic heterocycles. The van der Waals surface area contributed by atoms with E-state index in [1.54, 1.807) is 45.8 Å². The first kappa shape index (κ1) is 31.1. The van der Waals surface area contributed by atoms with Crippen molar-refractivity contribution in [3.05, 3.63) is 54.6 Å². The number of nitrogens with zero attached hydrogens (tertiary/aromatic N) is 2. The molecule has 6 atom stereocenters. The average Bonchev–Trinajstić information content (AvgIpc) is 3.53. The van der Waals surface area contributed by atoms with Crippen LogP contribution in [-0.2, 0) is 19.1 Å².